The second-order valence-electron chi connectivity index (χ2n) is 6.33. The third kappa shape index (κ3) is 7.11. The van der Waals surface area contributed by atoms with Gasteiger partial charge in [-0.2, -0.15) is 0 Å². The van der Waals surface area contributed by atoms with Crippen molar-refractivity contribution < 1.29 is 33.7 Å². The summed E-state index contributed by atoms with van der Waals surface area (Å²) in [6.45, 7) is 8.41. The predicted octanol–water partition coefficient (Wildman–Crippen LogP) is 1.34. The number of aliphatic carboxylic acids is 1. The van der Waals surface area contributed by atoms with Crippen molar-refractivity contribution >= 4 is 18.1 Å². The molecule has 1 aliphatic rings. The molecule has 1 rings (SSSR count). The Morgan fingerprint density at radius 1 is 1.26 bits per heavy atom. The molecule has 0 bridgehead atoms. The van der Waals surface area contributed by atoms with Crippen LogP contribution in [0.5, 0.6) is 0 Å². The number of carbonyl (C=O) groups is 3. The van der Waals surface area contributed by atoms with E-state index < -0.39 is 41.3 Å². The maximum atomic E-state index is 11.7. The highest BCUT2D eigenvalue weighted by Crippen LogP contribution is 2.23. The maximum Gasteiger partial charge on any atom is 0.415 e. The van der Waals surface area contributed by atoms with Crippen LogP contribution in [-0.4, -0.2) is 47.3 Å². The molecule has 0 radical (unpaired) electrons. The average molecular weight is 330 g/mol. The minimum atomic E-state index is -1.38. The van der Waals surface area contributed by atoms with Gasteiger partial charge in [-0.05, 0) is 40.7 Å². The Morgan fingerprint density at radius 2 is 1.87 bits per heavy atom. The molecule has 3 N–H and O–H groups in total. The molecular weight excluding hydrogens is 308 g/mol. The molecule has 1 saturated heterocycles. The van der Waals surface area contributed by atoms with E-state index in [2.05, 4.69) is 5.32 Å². The van der Waals surface area contributed by atoms with Crippen molar-refractivity contribution in [3.05, 3.63) is 11.8 Å². The van der Waals surface area contributed by atoms with E-state index in [9.17, 15) is 14.4 Å². The first kappa shape index (κ1) is 18.9. The summed E-state index contributed by atoms with van der Waals surface area (Å²) in [5, 5.41) is 13.0. The summed E-state index contributed by atoms with van der Waals surface area (Å²) in [4.78, 5) is 34.3. The lowest BCUT2D eigenvalue weighted by Crippen LogP contribution is -2.43. The van der Waals surface area contributed by atoms with Crippen LogP contribution in [0.25, 0.3) is 0 Å². The molecule has 1 atom stereocenters. The molecule has 3 amide bonds. The smallest absolute Gasteiger partial charge is 0.415 e. The van der Waals surface area contributed by atoms with Crippen molar-refractivity contribution in [1.82, 2.24) is 10.6 Å². The number of alkyl carbamates (subject to hydrolysis) is 1. The Morgan fingerprint density at radius 3 is 2.30 bits per heavy atom. The second kappa shape index (κ2) is 6.97. The Labute approximate surface area is 134 Å². The number of carboxylic acids is 1. The molecule has 0 aromatic rings. The summed E-state index contributed by atoms with van der Waals surface area (Å²) in [7, 11) is 0. The molecule has 23 heavy (non-hydrogen) atoms. The minimum Gasteiger partial charge on any atom is -0.477 e. The second-order valence-corrected chi connectivity index (χ2v) is 6.33. The first-order valence-electron chi connectivity index (χ1n) is 6.96. The minimum absolute atomic E-state index is 0.152. The molecule has 130 valence electrons. The van der Waals surface area contributed by atoms with Crippen LogP contribution < -0.4 is 10.6 Å². The van der Waals surface area contributed by atoms with E-state index in [0.29, 0.717) is 0 Å². The Bertz CT molecular complexity index is 520. The van der Waals surface area contributed by atoms with Gasteiger partial charge in [0.2, 0.25) is 0 Å². The maximum absolute atomic E-state index is 11.7. The number of amides is 3. The highest BCUT2D eigenvalue weighted by atomic mass is 16.7. The fourth-order valence-corrected chi connectivity index (χ4v) is 1.70. The largest absolute Gasteiger partial charge is 0.477 e. The summed E-state index contributed by atoms with van der Waals surface area (Å²) in [6, 6.07) is -1.02. The molecule has 0 aromatic heterocycles. The van der Waals surface area contributed by atoms with Gasteiger partial charge in [0.15, 0.2) is 5.79 Å². The van der Waals surface area contributed by atoms with Crippen LogP contribution in [0.2, 0.25) is 0 Å². The van der Waals surface area contributed by atoms with E-state index >= 15 is 0 Å². The van der Waals surface area contributed by atoms with E-state index in [-0.39, 0.29) is 6.61 Å². The number of imide groups is 1. The number of rotatable bonds is 3. The molecule has 0 unspecified atom stereocenters. The zero-order valence-electron chi connectivity index (χ0n) is 13.8. The SMILES string of the molecule is CC(C)(C)OC(=O)NC(=O)N/C(=C\[C@H]1COC(C)(C)O1)C(=O)O. The van der Waals surface area contributed by atoms with Gasteiger partial charge in [-0.25, -0.2) is 19.7 Å². The van der Waals surface area contributed by atoms with Gasteiger partial charge in [-0.3, -0.25) is 0 Å². The summed E-state index contributed by atoms with van der Waals surface area (Å²) < 4.78 is 15.6. The summed E-state index contributed by atoms with van der Waals surface area (Å²) in [5.41, 5.74) is -1.21. The van der Waals surface area contributed by atoms with Crippen LogP contribution in [0.15, 0.2) is 11.8 Å². The molecule has 0 aliphatic carbocycles. The normalized spacial score (nSPS) is 20.7. The first-order chi connectivity index (χ1) is 10.4. The fraction of sp³-hybridized carbons (Fsp3) is 0.643. The van der Waals surface area contributed by atoms with E-state index in [0.717, 1.165) is 0 Å². The first-order valence-corrected chi connectivity index (χ1v) is 6.96. The molecular formula is C14H22N2O7. The molecule has 0 saturated carbocycles. The molecule has 0 aromatic carbocycles. The molecule has 1 fully saturated rings. The van der Waals surface area contributed by atoms with Gasteiger partial charge in [-0.1, -0.05) is 0 Å². The van der Waals surface area contributed by atoms with Crippen molar-refractivity contribution in [3.63, 3.8) is 0 Å². The van der Waals surface area contributed by atoms with Gasteiger partial charge in [-0.15, -0.1) is 0 Å². The highest BCUT2D eigenvalue weighted by molar-refractivity contribution is 5.97. The van der Waals surface area contributed by atoms with Crippen molar-refractivity contribution in [2.75, 3.05) is 6.61 Å². The van der Waals surface area contributed by atoms with Crippen LogP contribution in [0.1, 0.15) is 34.6 Å². The predicted molar refractivity (Wildman–Crippen MR) is 78.5 cm³/mol. The summed E-state index contributed by atoms with van der Waals surface area (Å²) >= 11 is 0. The van der Waals surface area contributed by atoms with Gasteiger partial charge < -0.3 is 24.6 Å². The number of carbonyl (C=O) groups excluding carboxylic acids is 2. The lowest BCUT2D eigenvalue weighted by Gasteiger charge is -2.19. The number of nitrogens with one attached hydrogen (secondary N) is 2. The lowest BCUT2D eigenvalue weighted by atomic mass is 10.2. The molecule has 1 aliphatic heterocycles. The third-order valence-corrected chi connectivity index (χ3v) is 2.48. The Kier molecular flexibility index (Phi) is 5.73. The van der Waals surface area contributed by atoms with Crippen LogP contribution in [-0.2, 0) is 19.0 Å². The van der Waals surface area contributed by atoms with Gasteiger partial charge in [0.05, 0.1) is 6.61 Å². The van der Waals surface area contributed by atoms with Gasteiger partial charge in [0.25, 0.3) is 0 Å². The molecule has 9 heteroatoms. The third-order valence-electron chi connectivity index (χ3n) is 2.48. The van der Waals surface area contributed by atoms with E-state index in [1.165, 1.54) is 6.08 Å². The zero-order chi connectivity index (χ0) is 17.8. The Hall–Kier alpha value is -2.13. The molecule has 0 spiro atoms. The quantitative estimate of drug-likeness (QED) is 0.667. The van der Waals surface area contributed by atoms with Crippen molar-refractivity contribution in [1.29, 1.82) is 0 Å². The number of hydrogen-bond acceptors (Lipinski definition) is 6. The van der Waals surface area contributed by atoms with Crippen molar-refractivity contribution in [3.8, 4) is 0 Å². The van der Waals surface area contributed by atoms with Crippen molar-refractivity contribution in [2.45, 2.75) is 52.1 Å². The standard InChI is InChI=1S/C14H22N2O7/c1-13(2,3)23-12(20)16-11(19)15-9(10(17)18)6-8-7-21-14(4,5)22-8/h6,8H,7H2,1-5H3,(H,17,18)(H2,15,16,19,20)/b9-6-/t8-/m0/s1. The number of hydrogen-bond donors (Lipinski definition) is 3. The molecule has 9 nitrogen and oxygen atoms in total. The van der Waals surface area contributed by atoms with Crippen LogP contribution >= 0.6 is 0 Å². The van der Waals surface area contributed by atoms with E-state index in [4.69, 9.17) is 19.3 Å². The van der Waals surface area contributed by atoms with Crippen molar-refractivity contribution in [2.24, 2.45) is 0 Å². The summed E-state index contributed by atoms with van der Waals surface area (Å²) in [5.74, 6) is -2.21. The zero-order valence-corrected chi connectivity index (χ0v) is 13.8. The average Bonchev–Trinajstić information content (AvgIpc) is 2.64. The fourth-order valence-electron chi connectivity index (χ4n) is 1.70. The molecule has 1 heterocycles. The van der Waals surface area contributed by atoms with E-state index in [1.54, 1.807) is 34.6 Å². The number of urea groups is 1. The monoisotopic (exact) mass is 330 g/mol. The summed E-state index contributed by atoms with van der Waals surface area (Å²) in [6.07, 6.45) is -0.412. The van der Waals surface area contributed by atoms with Crippen LogP contribution in [0, 0.1) is 0 Å². The van der Waals surface area contributed by atoms with Crippen LogP contribution in [0.3, 0.4) is 0 Å². The number of ether oxygens (including phenoxy) is 3. The van der Waals surface area contributed by atoms with E-state index in [1.807, 2.05) is 5.32 Å². The van der Waals surface area contributed by atoms with Gasteiger partial charge in [0.1, 0.15) is 17.4 Å². The van der Waals surface area contributed by atoms with Crippen LogP contribution in [0.4, 0.5) is 9.59 Å². The topological polar surface area (TPSA) is 123 Å². The van der Waals surface area contributed by atoms with Gasteiger partial charge in [0, 0.05) is 0 Å². The highest BCUT2D eigenvalue weighted by Gasteiger charge is 2.32. The Balaban J connectivity index is 2.64. The number of carboxylic acid groups (broad SMARTS) is 1. The lowest BCUT2D eigenvalue weighted by molar-refractivity contribution is -0.135. The van der Waals surface area contributed by atoms with Gasteiger partial charge >= 0.3 is 18.1 Å².